The van der Waals surface area contributed by atoms with E-state index in [2.05, 4.69) is 10.1 Å². The number of esters is 1. The molecule has 1 fully saturated rings. The zero-order valence-electron chi connectivity index (χ0n) is 21.1. The summed E-state index contributed by atoms with van der Waals surface area (Å²) in [5.41, 5.74) is 0.754. The van der Waals surface area contributed by atoms with Gasteiger partial charge in [0.05, 0.1) is 19.1 Å². The summed E-state index contributed by atoms with van der Waals surface area (Å²) >= 11 is 0. The standard InChI is InChI=1S/C25H33F2N3O7/c1-4-36-19(31)12-13-28-23(34)25(26,27)21(32)20(16(2)3)29-22(33)18-11-8-14-30(18)24(35)37-15-17-9-6-5-7-10-17/h5-7,9-10,16,18,20H,4,8,11-15H2,1-3H3,(H,28,34)(H,29,33). The van der Waals surface area contributed by atoms with Crippen LogP contribution in [0, 0.1) is 5.92 Å². The molecule has 1 aromatic rings. The molecular formula is C25H33F2N3O7. The van der Waals surface area contributed by atoms with Crippen LogP contribution in [0.15, 0.2) is 30.3 Å². The zero-order chi connectivity index (χ0) is 27.6. The molecule has 0 radical (unpaired) electrons. The summed E-state index contributed by atoms with van der Waals surface area (Å²) in [6.45, 7) is 4.33. The lowest BCUT2D eigenvalue weighted by atomic mass is 9.94. The van der Waals surface area contributed by atoms with Crippen LogP contribution in [0.4, 0.5) is 13.6 Å². The van der Waals surface area contributed by atoms with E-state index >= 15 is 0 Å². The molecular weight excluding hydrogens is 492 g/mol. The Morgan fingerprint density at radius 1 is 1.11 bits per heavy atom. The van der Waals surface area contributed by atoms with Crippen molar-refractivity contribution in [3.63, 3.8) is 0 Å². The first kappa shape index (κ1) is 29.7. The van der Waals surface area contributed by atoms with Gasteiger partial charge in [0.15, 0.2) is 0 Å². The number of benzene rings is 1. The predicted octanol–water partition coefficient (Wildman–Crippen LogP) is 2.20. The molecule has 12 heteroatoms. The fraction of sp³-hybridized carbons (Fsp3) is 0.560. The van der Waals surface area contributed by atoms with Crippen LogP contribution in [0.2, 0.25) is 0 Å². The van der Waals surface area contributed by atoms with Crippen LogP contribution in [-0.4, -0.2) is 72.3 Å². The van der Waals surface area contributed by atoms with E-state index in [0.29, 0.717) is 6.42 Å². The molecule has 2 unspecified atom stereocenters. The smallest absolute Gasteiger partial charge is 0.410 e. The molecule has 0 spiro atoms. The van der Waals surface area contributed by atoms with Crippen LogP contribution in [0.1, 0.15) is 45.6 Å². The fourth-order valence-electron chi connectivity index (χ4n) is 3.77. The van der Waals surface area contributed by atoms with E-state index in [1.54, 1.807) is 31.2 Å². The Hall–Kier alpha value is -3.57. The summed E-state index contributed by atoms with van der Waals surface area (Å²) in [7, 11) is 0. The molecule has 37 heavy (non-hydrogen) atoms. The van der Waals surface area contributed by atoms with Crippen LogP contribution in [-0.2, 0) is 35.3 Å². The molecule has 1 aromatic carbocycles. The second-order valence-electron chi connectivity index (χ2n) is 8.87. The molecule has 1 aliphatic rings. The highest BCUT2D eigenvalue weighted by molar-refractivity contribution is 6.10. The Labute approximate surface area is 214 Å². The van der Waals surface area contributed by atoms with Gasteiger partial charge >= 0.3 is 18.0 Å². The molecule has 3 amide bonds. The molecule has 0 aliphatic carbocycles. The molecule has 1 saturated heterocycles. The van der Waals surface area contributed by atoms with E-state index in [9.17, 15) is 32.8 Å². The molecule has 0 aromatic heterocycles. The number of Topliss-reactive ketones (excluding diaryl/α,β-unsaturated/α-hetero) is 1. The second kappa shape index (κ2) is 13.7. The quantitative estimate of drug-likeness (QED) is 0.316. The zero-order valence-corrected chi connectivity index (χ0v) is 21.1. The molecule has 204 valence electrons. The molecule has 0 bridgehead atoms. The topological polar surface area (TPSA) is 131 Å². The molecule has 0 saturated carbocycles. The van der Waals surface area contributed by atoms with E-state index in [1.807, 2.05) is 11.4 Å². The first-order valence-corrected chi connectivity index (χ1v) is 12.1. The summed E-state index contributed by atoms with van der Waals surface area (Å²) in [4.78, 5) is 62.7. The number of amides is 3. The van der Waals surface area contributed by atoms with Crippen LogP contribution >= 0.6 is 0 Å². The lowest BCUT2D eigenvalue weighted by Crippen LogP contribution is -2.58. The number of ketones is 1. The number of hydrogen-bond donors (Lipinski definition) is 2. The molecule has 2 atom stereocenters. The number of carbonyl (C=O) groups is 5. The fourth-order valence-corrected chi connectivity index (χ4v) is 3.77. The maximum Gasteiger partial charge on any atom is 0.410 e. The highest BCUT2D eigenvalue weighted by Gasteiger charge is 2.51. The summed E-state index contributed by atoms with van der Waals surface area (Å²) in [5.74, 6) is -10.4. The normalized spacial score (nSPS) is 16.2. The van der Waals surface area contributed by atoms with Crippen LogP contribution in [0.5, 0.6) is 0 Å². The van der Waals surface area contributed by atoms with Crippen molar-refractivity contribution in [1.29, 1.82) is 0 Å². The Balaban J connectivity index is 2.00. The van der Waals surface area contributed by atoms with Gasteiger partial charge in [-0.1, -0.05) is 44.2 Å². The number of hydrogen-bond acceptors (Lipinski definition) is 7. The van der Waals surface area contributed by atoms with E-state index in [0.717, 1.165) is 5.56 Å². The molecule has 1 heterocycles. The highest BCUT2D eigenvalue weighted by Crippen LogP contribution is 2.23. The van der Waals surface area contributed by atoms with Gasteiger partial charge in [0.2, 0.25) is 11.7 Å². The number of ether oxygens (including phenoxy) is 2. The molecule has 2 N–H and O–H groups in total. The van der Waals surface area contributed by atoms with Gasteiger partial charge in [0.1, 0.15) is 12.6 Å². The number of carbonyl (C=O) groups excluding carboxylic acids is 5. The van der Waals surface area contributed by atoms with Crippen LogP contribution < -0.4 is 10.6 Å². The van der Waals surface area contributed by atoms with Gasteiger partial charge in [-0.05, 0) is 31.2 Å². The van der Waals surface area contributed by atoms with Gasteiger partial charge in [0.25, 0.3) is 5.91 Å². The van der Waals surface area contributed by atoms with Gasteiger partial charge in [-0.25, -0.2) is 4.79 Å². The SMILES string of the molecule is CCOC(=O)CCNC(=O)C(F)(F)C(=O)C(NC(=O)C1CCCN1C(=O)OCc1ccccc1)C(C)C. The van der Waals surface area contributed by atoms with Crippen molar-refractivity contribution in [1.82, 2.24) is 15.5 Å². The Morgan fingerprint density at radius 3 is 2.41 bits per heavy atom. The van der Waals surface area contributed by atoms with Crippen LogP contribution in [0.25, 0.3) is 0 Å². The average molecular weight is 526 g/mol. The average Bonchev–Trinajstić information content (AvgIpc) is 3.36. The third-order valence-corrected chi connectivity index (χ3v) is 5.76. The minimum atomic E-state index is -4.46. The van der Waals surface area contributed by atoms with Crippen LogP contribution in [0.3, 0.4) is 0 Å². The first-order chi connectivity index (χ1) is 17.5. The van der Waals surface area contributed by atoms with Crippen molar-refractivity contribution in [2.45, 2.75) is 64.6 Å². The van der Waals surface area contributed by atoms with Crippen molar-refractivity contribution >= 4 is 29.7 Å². The van der Waals surface area contributed by atoms with Gasteiger partial charge in [-0.3, -0.25) is 24.1 Å². The summed E-state index contributed by atoms with van der Waals surface area (Å²) in [6.07, 6.45) is -0.333. The van der Waals surface area contributed by atoms with Crippen molar-refractivity contribution in [3.05, 3.63) is 35.9 Å². The second-order valence-corrected chi connectivity index (χ2v) is 8.87. The van der Waals surface area contributed by atoms with Gasteiger partial charge < -0.3 is 20.1 Å². The highest BCUT2D eigenvalue weighted by atomic mass is 19.3. The monoisotopic (exact) mass is 525 g/mol. The number of halogens is 2. The third-order valence-electron chi connectivity index (χ3n) is 5.76. The van der Waals surface area contributed by atoms with E-state index in [1.165, 1.54) is 18.7 Å². The van der Waals surface area contributed by atoms with Gasteiger partial charge in [-0.2, -0.15) is 8.78 Å². The molecule has 2 rings (SSSR count). The Kier molecular flexibility index (Phi) is 10.9. The number of nitrogens with one attached hydrogen (secondary N) is 2. The number of nitrogens with zero attached hydrogens (tertiary/aromatic N) is 1. The number of likely N-dealkylation sites (tertiary alicyclic amines) is 1. The third kappa shape index (κ3) is 8.22. The van der Waals surface area contributed by atoms with E-state index in [4.69, 9.17) is 4.74 Å². The Morgan fingerprint density at radius 2 is 1.78 bits per heavy atom. The lowest BCUT2D eigenvalue weighted by Gasteiger charge is -2.28. The van der Waals surface area contributed by atoms with Crippen molar-refractivity contribution < 1.29 is 42.2 Å². The van der Waals surface area contributed by atoms with E-state index in [-0.39, 0.29) is 32.6 Å². The minimum Gasteiger partial charge on any atom is -0.466 e. The molecule has 10 nitrogen and oxygen atoms in total. The predicted molar refractivity (Wildman–Crippen MR) is 127 cm³/mol. The van der Waals surface area contributed by atoms with Crippen molar-refractivity contribution in [2.24, 2.45) is 5.92 Å². The summed E-state index contributed by atoms with van der Waals surface area (Å²) in [6, 6.07) is 6.23. The lowest BCUT2D eigenvalue weighted by molar-refractivity contribution is -0.161. The van der Waals surface area contributed by atoms with Gasteiger partial charge in [0, 0.05) is 13.1 Å². The van der Waals surface area contributed by atoms with E-state index < -0.39 is 60.1 Å². The maximum atomic E-state index is 14.7. The van der Waals surface area contributed by atoms with Crippen molar-refractivity contribution in [3.8, 4) is 0 Å². The minimum absolute atomic E-state index is 0.00484. The summed E-state index contributed by atoms with van der Waals surface area (Å²) < 4.78 is 39.3. The number of rotatable bonds is 12. The van der Waals surface area contributed by atoms with Gasteiger partial charge in [-0.15, -0.1) is 0 Å². The first-order valence-electron chi connectivity index (χ1n) is 12.1. The maximum absolute atomic E-state index is 14.7. The molecule has 1 aliphatic heterocycles. The largest absolute Gasteiger partial charge is 0.466 e. The van der Waals surface area contributed by atoms with Crippen molar-refractivity contribution in [2.75, 3.05) is 19.7 Å². The Bertz CT molecular complexity index is 972. The number of alkyl halides is 2. The summed E-state index contributed by atoms with van der Waals surface area (Å²) in [5, 5.41) is 4.15.